The van der Waals surface area contributed by atoms with Crippen LogP contribution in [0.5, 0.6) is 5.75 Å². The number of hydrogen-bond acceptors (Lipinski definition) is 5. The quantitative estimate of drug-likeness (QED) is 0.816. The lowest BCUT2D eigenvalue weighted by Gasteiger charge is -2.22. The van der Waals surface area contributed by atoms with Gasteiger partial charge < -0.3 is 15.2 Å². The highest BCUT2D eigenvalue weighted by atomic mass is 32.1. The maximum absolute atomic E-state index is 10.3. The first-order chi connectivity index (χ1) is 11.1. The Hall–Kier alpha value is -1.43. The van der Waals surface area contributed by atoms with E-state index < -0.39 is 5.60 Å². The number of aryl methyl sites for hydroxylation is 1. The Bertz CT molecular complexity index is 618. The lowest BCUT2D eigenvalue weighted by Crippen LogP contribution is -2.37. The SMILES string of the molecule is Cc1ccc(OCc2nc(CNCC3(O)CCCC3)cs2)cc1. The first kappa shape index (κ1) is 16.4. The zero-order chi connectivity index (χ0) is 16.1. The lowest BCUT2D eigenvalue weighted by atomic mass is 10.0. The third-order valence-corrected chi connectivity index (χ3v) is 5.15. The highest BCUT2D eigenvalue weighted by molar-refractivity contribution is 7.09. The van der Waals surface area contributed by atoms with E-state index in [1.807, 2.05) is 24.3 Å². The Morgan fingerprint density at radius 2 is 2.00 bits per heavy atom. The minimum Gasteiger partial charge on any atom is -0.486 e. The van der Waals surface area contributed by atoms with Crippen LogP contribution < -0.4 is 10.1 Å². The van der Waals surface area contributed by atoms with Gasteiger partial charge in [-0.1, -0.05) is 30.5 Å². The van der Waals surface area contributed by atoms with Crippen LogP contribution >= 0.6 is 11.3 Å². The molecule has 4 nitrogen and oxygen atoms in total. The van der Waals surface area contributed by atoms with Crippen molar-refractivity contribution >= 4 is 11.3 Å². The van der Waals surface area contributed by atoms with Crippen LogP contribution in [0.25, 0.3) is 0 Å². The monoisotopic (exact) mass is 332 g/mol. The Balaban J connectivity index is 1.43. The Kier molecular flexibility index (Phi) is 5.30. The van der Waals surface area contributed by atoms with Crippen LogP contribution in [-0.2, 0) is 13.2 Å². The molecular weight excluding hydrogens is 308 g/mol. The topological polar surface area (TPSA) is 54.4 Å². The number of hydrogen-bond donors (Lipinski definition) is 2. The molecule has 2 aromatic rings. The summed E-state index contributed by atoms with van der Waals surface area (Å²) < 4.78 is 5.75. The number of ether oxygens (including phenoxy) is 1. The fraction of sp³-hybridized carbons (Fsp3) is 0.500. The molecule has 1 aromatic carbocycles. The predicted molar refractivity (Wildman–Crippen MR) is 92.7 cm³/mol. The summed E-state index contributed by atoms with van der Waals surface area (Å²) in [6.07, 6.45) is 4.09. The standard InChI is InChI=1S/C18H24N2O2S/c1-14-4-6-16(7-5-14)22-11-17-20-15(12-23-17)10-19-13-18(21)8-2-3-9-18/h4-7,12,19,21H,2-3,8-11,13H2,1H3. The smallest absolute Gasteiger partial charge is 0.140 e. The van der Waals surface area contributed by atoms with Gasteiger partial charge in [0.05, 0.1) is 11.3 Å². The van der Waals surface area contributed by atoms with Crippen molar-refractivity contribution < 1.29 is 9.84 Å². The average molecular weight is 332 g/mol. The van der Waals surface area contributed by atoms with E-state index in [2.05, 4.69) is 22.6 Å². The third-order valence-electron chi connectivity index (χ3n) is 4.28. The van der Waals surface area contributed by atoms with Crippen molar-refractivity contribution in [2.45, 2.75) is 51.4 Å². The second-order valence-electron chi connectivity index (χ2n) is 6.37. The minimum atomic E-state index is -0.507. The van der Waals surface area contributed by atoms with E-state index in [1.165, 1.54) is 5.56 Å². The van der Waals surface area contributed by atoms with E-state index >= 15 is 0 Å². The fourth-order valence-electron chi connectivity index (χ4n) is 2.91. The first-order valence-electron chi connectivity index (χ1n) is 8.19. The second-order valence-corrected chi connectivity index (χ2v) is 7.31. The Morgan fingerprint density at radius 3 is 2.74 bits per heavy atom. The summed E-state index contributed by atoms with van der Waals surface area (Å²) in [5.41, 5.74) is 1.73. The fourth-order valence-corrected chi connectivity index (χ4v) is 3.61. The minimum absolute atomic E-state index is 0.498. The summed E-state index contributed by atoms with van der Waals surface area (Å²) in [5, 5.41) is 16.7. The van der Waals surface area contributed by atoms with Gasteiger partial charge in [-0.05, 0) is 31.9 Å². The van der Waals surface area contributed by atoms with Crippen molar-refractivity contribution in [3.05, 3.63) is 45.9 Å². The molecular formula is C18H24N2O2S. The van der Waals surface area contributed by atoms with E-state index in [-0.39, 0.29) is 0 Å². The summed E-state index contributed by atoms with van der Waals surface area (Å²) in [7, 11) is 0. The number of thiazole rings is 1. The van der Waals surface area contributed by atoms with Gasteiger partial charge in [-0.2, -0.15) is 0 Å². The van der Waals surface area contributed by atoms with Gasteiger partial charge >= 0.3 is 0 Å². The molecule has 5 heteroatoms. The molecule has 0 bridgehead atoms. The van der Waals surface area contributed by atoms with Crippen LogP contribution in [-0.4, -0.2) is 22.2 Å². The van der Waals surface area contributed by atoms with Crippen molar-refractivity contribution in [1.29, 1.82) is 0 Å². The van der Waals surface area contributed by atoms with Crippen LogP contribution in [0, 0.1) is 6.92 Å². The van der Waals surface area contributed by atoms with Crippen LogP contribution in [0.15, 0.2) is 29.6 Å². The van der Waals surface area contributed by atoms with E-state index in [1.54, 1.807) is 11.3 Å². The highest BCUT2D eigenvalue weighted by Crippen LogP contribution is 2.28. The van der Waals surface area contributed by atoms with E-state index in [4.69, 9.17) is 4.74 Å². The van der Waals surface area contributed by atoms with Gasteiger partial charge in [0.15, 0.2) is 0 Å². The number of nitrogens with one attached hydrogen (secondary N) is 1. The average Bonchev–Trinajstić information content (AvgIpc) is 3.16. The molecule has 1 saturated carbocycles. The van der Waals surface area contributed by atoms with E-state index in [0.717, 1.165) is 42.1 Å². The summed E-state index contributed by atoms with van der Waals surface area (Å²) in [5.74, 6) is 0.869. The maximum atomic E-state index is 10.3. The van der Waals surface area contributed by atoms with Gasteiger partial charge in [0.2, 0.25) is 0 Å². The lowest BCUT2D eigenvalue weighted by molar-refractivity contribution is 0.0474. The number of aliphatic hydroxyl groups is 1. The Labute approximate surface area is 141 Å². The van der Waals surface area contributed by atoms with E-state index in [0.29, 0.717) is 19.7 Å². The van der Waals surface area contributed by atoms with Crippen molar-refractivity contribution in [3.63, 3.8) is 0 Å². The van der Waals surface area contributed by atoms with E-state index in [9.17, 15) is 5.11 Å². The zero-order valence-corrected chi connectivity index (χ0v) is 14.4. The molecule has 1 fully saturated rings. The third kappa shape index (κ3) is 4.77. The summed E-state index contributed by atoms with van der Waals surface area (Å²) >= 11 is 1.62. The molecule has 0 atom stereocenters. The van der Waals surface area contributed by atoms with Crippen LogP contribution in [0.2, 0.25) is 0 Å². The molecule has 0 aliphatic heterocycles. The number of rotatable bonds is 7. The number of nitrogens with zero attached hydrogens (tertiary/aromatic N) is 1. The van der Waals surface area contributed by atoms with Crippen molar-refractivity contribution in [2.75, 3.05) is 6.54 Å². The predicted octanol–water partition coefficient (Wildman–Crippen LogP) is 3.43. The normalized spacial score (nSPS) is 16.6. The molecule has 23 heavy (non-hydrogen) atoms. The van der Waals surface area contributed by atoms with Crippen LogP contribution in [0.1, 0.15) is 41.9 Å². The van der Waals surface area contributed by atoms with Crippen molar-refractivity contribution in [3.8, 4) is 5.75 Å². The van der Waals surface area contributed by atoms with Crippen LogP contribution in [0.4, 0.5) is 0 Å². The van der Waals surface area contributed by atoms with Crippen molar-refractivity contribution in [2.24, 2.45) is 0 Å². The molecule has 0 radical (unpaired) electrons. The second kappa shape index (κ2) is 7.43. The summed E-state index contributed by atoms with van der Waals surface area (Å²) in [6.45, 7) is 3.91. The molecule has 0 spiro atoms. The molecule has 0 unspecified atom stereocenters. The van der Waals surface area contributed by atoms with Crippen LogP contribution in [0.3, 0.4) is 0 Å². The van der Waals surface area contributed by atoms with Gasteiger partial charge in [-0.15, -0.1) is 11.3 Å². The molecule has 0 saturated heterocycles. The summed E-state index contributed by atoms with van der Waals surface area (Å²) in [6, 6.07) is 8.04. The molecule has 1 aromatic heterocycles. The molecule has 0 amide bonds. The van der Waals surface area contributed by atoms with Gasteiger partial charge in [-0.3, -0.25) is 0 Å². The first-order valence-corrected chi connectivity index (χ1v) is 9.07. The largest absolute Gasteiger partial charge is 0.486 e. The molecule has 2 N–H and O–H groups in total. The Morgan fingerprint density at radius 1 is 1.26 bits per heavy atom. The van der Waals surface area contributed by atoms with Gasteiger partial charge in [0, 0.05) is 18.5 Å². The summed E-state index contributed by atoms with van der Waals surface area (Å²) in [4.78, 5) is 4.58. The van der Waals surface area contributed by atoms with Gasteiger partial charge in [-0.25, -0.2) is 4.98 Å². The molecule has 1 heterocycles. The molecule has 1 aliphatic rings. The number of aromatic nitrogens is 1. The molecule has 124 valence electrons. The molecule has 1 aliphatic carbocycles. The number of benzene rings is 1. The van der Waals surface area contributed by atoms with Gasteiger partial charge in [0.1, 0.15) is 17.4 Å². The highest BCUT2D eigenvalue weighted by Gasteiger charge is 2.30. The van der Waals surface area contributed by atoms with Gasteiger partial charge in [0.25, 0.3) is 0 Å². The van der Waals surface area contributed by atoms with Crippen molar-refractivity contribution in [1.82, 2.24) is 10.3 Å². The maximum Gasteiger partial charge on any atom is 0.140 e. The zero-order valence-electron chi connectivity index (χ0n) is 13.5. The molecule has 3 rings (SSSR count).